The van der Waals surface area contributed by atoms with Crippen LogP contribution >= 0.6 is 0 Å². The van der Waals surface area contributed by atoms with Crippen LogP contribution in [0.3, 0.4) is 0 Å². The van der Waals surface area contributed by atoms with E-state index in [-0.39, 0.29) is 11.4 Å². The normalized spacial score (nSPS) is 11.4. The highest BCUT2D eigenvalue weighted by atomic mass is 32.2. The molecular weight excluding hydrogens is 293 g/mol. The predicted octanol–water partition coefficient (Wildman–Crippen LogP) is 1.89. The summed E-state index contributed by atoms with van der Waals surface area (Å²) in [5.41, 5.74) is 6.92. The summed E-state index contributed by atoms with van der Waals surface area (Å²) in [4.78, 5) is 3.42. The summed E-state index contributed by atoms with van der Waals surface area (Å²) in [7, 11) is -3.85. The van der Waals surface area contributed by atoms with Crippen LogP contribution in [-0.2, 0) is 16.6 Å². The lowest BCUT2D eigenvalue weighted by Gasteiger charge is -2.23. The molecule has 1 aromatic carbocycles. The summed E-state index contributed by atoms with van der Waals surface area (Å²) < 4.78 is 39.5. The van der Waals surface area contributed by atoms with Gasteiger partial charge < -0.3 is 5.73 Å². The summed E-state index contributed by atoms with van der Waals surface area (Å²) in [6, 6.07) is 7.83. The van der Waals surface area contributed by atoms with Gasteiger partial charge in [0.15, 0.2) is 0 Å². The van der Waals surface area contributed by atoms with E-state index < -0.39 is 15.8 Å². The van der Waals surface area contributed by atoms with Crippen LogP contribution in [-0.4, -0.2) is 19.9 Å². The highest BCUT2D eigenvalue weighted by Crippen LogP contribution is 2.23. The number of rotatable bonds is 5. The van der Waals surface area contributed by atoms with Gasteiger partial charge in [0.05, 0.1) is 11.9 Å². The highest BCUT2D eigenvalue weighted by molar-refractivity contribution is 7.92. The molecule has 0 aliphatic rings. The van der Waals surface area contributed by atoms with Crippen molar-refractivity contribution in [2.75, 3.05) is 10.8 Å². The molecule has 2 N–H and O–H groups in total. The zero-order valence-electron chi connectivity index (χ0n) is 11.5. The van der Waals surface area contributed by atoms with Crippen LogP contribution in [0.4, 0.5) is 10.1 Å². The Balaban J connectivity index is 2.43. The summed E-state index contributed by atoms with van der Waals surface area (Å²) in [6.07, 6.45) is 2.10. The van der Waals surface area contributed by atoms with E-state index in [0.717, 1.165) is 24.0 Å². The van der Waals surface area contributed by atoms with E-state index in [1.165, 1.54) is 4.31 Å². The van der Waals surface area contributed by atoms with Crippen molar-refractivity contribution in [1.29, 1.82) is 0 Å². The molecule has 0 aliphatic carbocycles. The van der Waals surface area contributed by atoms with Crippen LogP contribution in [0, 0.1) is 5.82 Å². The molecule has 0 aliphatic heterocycles. The quantitative estimate of drug-likeness (QED) is 0.915. The lowest BCUT2D eigenvalue weighted by atomic mass is 10.2. The Kier molecular flexibility index (Phi) is 4.54. The molecule has 0 saturated carbocycles. The van der Waals surface area contributed by atoms with Crippen molar-refractivity contribution in [2.45, 2.75) is 18.4 Å². The zero-order valence-corrected chi connectivity index (χ0v) is 12.3. The number of hydrogen-bond donors (Lipinski definition) is 1. The molecule has 21 heavy (non-hydrogen) atoms. The molecule has 0 fully saturated rings. The zero-order chi connectivity index (χ0) is 15.5. The minimum absolute atomic E-state index is 0.174. The summed E-state index contributed by atoms with van der Waals surface area (Å²) >= 11 is 0. The average molecular weight is 309 g/mol. The molecule has 0 amide bonds. The predicted molar refractivity (Wildman–Crippen MR) is 78.7 cm³/mol. The Labute approximate surface area is 123 Å². The number of nitrogens with two attached hydrogens (primary N) is 1. The smallest absolute Gasteiger partial charge is 0.265 e. The number of sulfonamides is 1. The fourth-order valence-corrected chi connectivity index (χ4v) is 3.40. The molecule has 2 rings (SSSR count). The number of halogens is 1. The van der Waals surface area contributed by atoms with Crippen molar-refractivity contribution >= 4 is 15.7 Å². The van der Waals surface area contributed by atoms with Crippen molar-refractivity contribution in [3.05, 3.63) is 54.1 Å². The molecule has 0 saturated heterocycles. The first kappa shape index (κ1) is 15.4. The average Bonchev–Trinajstić information content (AvgIpc) is 2.48. The first-order chi connectivity index (χ1) is 9.98. The van der Waals surface area contributed by atoms with E-state index in [1.807, 2.05) is 0 Å². The maximum atomic E-state index is 13.2. The molecule has 0 unspecified atom stereocenters. The third kappa shape index (κ3) is 3.20. The lowest BCUT2D eigenvalue weighted by Crippen LogP contribution is -2.31. The van der Waals surface area contributed by atoms with Gasteiger partial charge in [-0.05, 0) is 30.7 Å². The molecule has 0 spiro atoms. The number of anilines is 1. The minimum Gasteiger partial charge on any atom is -0.326 e. The highest BCUT2D eigenvalue weighted by Gasteiger charge is 2.24. The van der Waals surface area contributed by atoms with Gasteiger partial charge in [0.1, 0.15) is 10.7 Å². The first-order valence-corrected chi connectivity index (χ1v) is 7.85. The number of pyridine rings is 1. The third-order valence-electron chi connectivity index (χ3n) is 3.02. The maximum Gasteiger partial charge on any atom is 0.265 e. The van der Waals surface area contributed by atoms with Crippen LogP contribution < -0.4 is 10.0 Å². The number of hydrogen-bond acceptors (Lipinski definition) is 4. The Morgan fingerprint density at radius 2 is 1.90 bits per heavy atom. The molecule has 112 valence electrons. The van der Waals surface area contributed by atoms with Gasteiger partial charge in [0.2, 0.25) is 0 Å². The van der Waals surface area contributed by atoms with Crippen LogP contribution in [0.25, 0.3) is 0 Å². The van der Waals surface area contributed by atoms with E-state index in [9.17, 15) is 12.8 Å². The Hall–Kier alpha value is -1.99. The first-order valence-electron chi connectivity index (χ1n) is 6.41. The van der Waals surface area contributed by atoms with Crippen LogP contribution in [0.15, 0.2) is 47.6 Å². The molecule has 0 radical (unpaired) electrons. The van der Waals surface area contributed by atoms with Crippen molar-refractivity contribution in [3.8, 4) is 0 Å². The lowest BCUT2D eigenvalue weighted by molar-refractivity contribution is 0.584. The van der Waals surface area contributed by atoms with Gasteiger partial charge >= 0.3 is 0 Å². The second kappa shape index (κ2) is 6.19. The Morgan fingerprint density at radius 1 is 1.24 bits per heavy atom. The van der Waals surface area contributed by atoms with Gasteiger partial charge in [0, 0.05) is 19.3 Å². The molecule has 7 heteroatoms. The van der Waals surface area contributed by atoms with Gasteiger partial charge in [-0.2, -0.15) is 0 Å². The van der Waals surface area contributed by atoms with Gasteiger partial charge in [-0.15, -0.1) is 0 Å². The molecule has 2 aromatic rings. The van der Waals surface area contributed by atoms with Gasteiger partial charge in [-0.25, -0.2) is 12.8 Å². The summed E-state index contributed by atoms with van der Waals surface area (Å²) in [6.45, 7) is 2.31. The van der Waals surface area contributed by atoms with Gasteiger partial charge in [-0.3, -0.25) is 9.29 Å². The standard InChI is InChI=1S/C14H16FN3O2S/c1-2-18(13-5-3-11(8-16)4-6-13)21(19,20)14-7-12(15)9-17-10-14/h3-7,9-10H,2,8,16H2,1H3. The fourth-order valence-electron chi connectivity index (χ4n) is 1.95. The Bertz CT molecular complexity index is 717. The summed E-state index contributed by atoms with van der Waals surface area (Å²) in [5, 5.41) is 0. The van der Waals surface area contributed by atoms with E-state index in [0.29, 0.717) is 12.2 Å². The third-order valence-corrected chi connectivity index (χ3v) is 4.88. The van der Waals surface area contributed by atoms with E-state index >= 15 is 0 Å². The van der Waals surface area contributed by atoms with Crippen molar-refractivity contribution in [3.63, 3.8) is 0 Å². The molecule has 1 heterocycles. The van der Waals surface area contributed by atoms with Crippen LogP contribution in [0.5, 0.6) is 0 Å². The van der Waals surface area contributed by atoms with E-state index in [2.05, 4.69) is 4.98 Å². The maximum absolute atomic E-state index is 13.2. The second-order valence-electron chi connectivity index (χ2n) is 4.38. The van der Waals surface area contributed by atoms with Gasteiger partial charge in [-0.1, -0.05) is 12.1 Å². The molecule has 1 aromatic heterocycles. The van der Waals surface area contributed by atoms with Crippen LogP contribution in [0.2, 0.25) is 0 Å². The number of nitrogens with zero attached hydrogens (tertiary/aromatic N) is 2. The van der Waals surface area contributed by atoms with Crippen molar-refractivity contribution in [2.24, 2.45) is 5.73 Å². The molecule has 0 atom stereocenters. The molecule has 5 nitrogen and oxygen atoms in total. The van der Waals surface area contributed by atoms with Crippen molar-refractivity contribution in [1.82, 2.24) is 4.98 Å². The minimum atomic E-state index is -3.85. The number of aromatic nitrogens is 1. The largest absolute Gasteiger partial charge is 0.326 e. The molecular formula is C14H16FN3O2S. The second-order valence-corrected chi connectivity index (χ2v) is 6.24. The Morgan fingerprint density at radius 3 is 2.43 bits per heavy atom. The number of benzene rings is 1. The SMILES string of the molecule is CCN(c1ccc(CN)cc1)S(=O)(=O)c1cncc(F)c1. The van der Waals surface area contributed by atoms with E-state index in [4.69, 9.17) is 5.73 Å². The van der Waals surface area contributed by atoms with Crippen molar-refractivity contribution < 1.29 is 12.8 Å². The van der Waals surface area contributed by atoms with E-state index in [1.54, 1.807) is 31.2 Å². The van der Waals surface area contributed by atoms with Crippen LogP contribution in [0.1, 0.15) is 12.5 Å². The molecule has 0 bridgehead atoms. The monoisotopic (exact) mass is 309 g/mol. The van der Waals surface area contributed by atoms with Gasteiger partial charge in [0.25, 0.3) is 10.0 Å². The summed E-state index contributed by atoms with van der Waals surface area (Å²) in [5.74, 6) is -0.689. The topological polar surface area (TPSA) is 76.3 Å². The fraction of sp³-hybridized carbons (Fsp3) is 0.214.